The van der Waals surface area contributed by atoms with Gasteiger partial charge in [-0.2, -0.15) is 0 Å². The zero-order chi connectivity index (χ0) is 22.4. The van der Waals surface area contributed by atoms with Crippen molar-refractivity contribution in [2.24, 2.45) is 5.92 Å². The van der Waals surface area contributed by atoms with E-state index in [-0.39, 0.29) is 23.9 Å². The highest BCUT2D eigenvalue weighted by Crippen LogP contribution is 2.28. The van der Waals surface area contributed by atoms with E-state index in [1.54, 1.807) is 36.4 Å². The Labute approximate surface area is 177 Å². The molecule has 3 amide bonds. The largest absolute Gasteiger partial charge is 0.465 e. The van der Waals surface area contributed by atoms with Crippen molar-refractivity contribution in [3.8, 4) is 0 Å². The Hall–Kier alpha value is -2.58. The van der Waals surface area contributed by atoms with Gasteiger partial charge in [0.1, 0.15) is 11.9 Å². The lowest BCUT2D eigenvalue weighted by Gasteiger charge is -2.44. The van der Waals surface area contributed by atoms with Crippen LogP contribution in [0.3, 0.4) is 0 Å². The van der Waals surface area contributed by atoms with Crippen LogP contribution in [0.15, 0.2) is 6.20 Å². The van der Waals surface area contributed by atoms with Crippen molar-refractivity contribution in [2.75, 3.05) is 13.1 Å². The quantitative estimate of drug-likeness (QED) is 0.809. The molecule has 9 heteroatoms. The van der Waals surface area contributed by atoms with Crippen molar-refractivity contribution in [3.63, 3.8) is 0 Å². The number of carbonyl (C=O) groups is 3. The number of rotatable bonds is 4. The average molecular weight is 420 g/mol. The SMILES string of the molecule is Cc1ncc2n1C(=O)N(C1CCN(C(=O)[C@@H](C(C)C)N(C(=O)O)C(C)(C)C)CC1)C2. The standard InChI is InChI=1S/C21H33N5O4/c1-13(2)17(26(20(29)30)21(4,5)6)18(27)23-9-7-15(8-10-23)24-12-16-11-22-14(3)25(16)19(24)28/h11,13,15,17H,7-10,12H2,1-6H3,(H,29,30)/t17-/m1/s1. The van der Waals surface area contributed by atoms with Crippen molar-refractivity contribution in [3.05, 3.63) is 17.7 Å². The molecule has 0 spiro atoms. The van der Waals surface area contributed by atoms with E-state index in [0.29, 0.717) is 38.3 Å². The van der Waals surface area contributed by atoms with Crippen LogP contribution >= 0.6 is 0 Å². The number of piperidine rings is 1. The van der Waals surface area contributed by atoms with Crippen LogP contribution in [0.25, 0.3) is 0 Å². The molecule has 1 N–H and O–H groups in total. The molecule has 0 saturated carbocycles. The minimum Gasteiger partial charge on any atom is -0.465 e. The van der Waals surface area contributed by atoms with Gasteiger partial charge in [-0.05, 0) is 46.5 Å². The van der Waals surface area contributed by atoms with E-state index in [0.717, 1.165) is 5.69 Å². The molecule has 2 aliphatic heterocycles. The fourth-order valence-electron chi connectivity index (χ4n) is 4.62. The second kappa shape index (κ2) is 7.92. The Bertz CT molecular complexity index is 833. The summed E-state index contributed by atoms with van der Waals surface area (Å²) in [6, 6.07) is -0.715. The molecule has 0 aliphatic carbocycles. The molecular formula is C21H33N5O4. The third kappa shape index (κ3) is 3.89. The molecule has 1 aromatic heterocycles. The zero-order valence-electron chi connectivity index (χ0n) is 18.8. The smallest absolute Gasteiger partial charge is 0.408 e. The Morgan fingerprint density at radius 3 is 2.30 bits per heavy atom. The first-order valence-corrected chi connectivity index (χ1v) is 10.6. The fourth-order valence-corrected chi connectivity index (χ4v) is 4.62. The Morgan fingerprint density at radius 1 is 1.23 bits per heavy atom. The van der Waals surface area contributed by atoms with Gasteiger partial charge in [0.25, 0.3) is 0 Å². The first-order chi connectivity index (χ1) is 13.9. The summed E-state index contributed by atoms with van der Waals surface area (Å²) < 4.78 is 1.65. The van der Waals surface area contributed by atoms with E-state index < -0.39 is 17.7 Å². The minimum atomic E-state index is -1.09. The summed E-state index contributed by atoms with van der Waals surface area (Å²) in [7, 11) is 0. The van der Waals surface area contributed by atoms with E-state index in [2.05, 4.69) is 4.98 Å². The van der Waals surface area contributed by atoms with Gasteiger partial charge in [-0.3, -0.25) is 14.3 Å². The fraction of sp³-hybridized carbons (Fsp3) is 0.714. The molecule has 166 valence electrons. The van der Waals surface area contributed by atoms with Crippen LogP contribution in [0, 0.1) is 12.8 Å². The molecule has 0 unspecified atom stereocenters. The van der Waals surface area contributed by atoms with Crippen LogP contribution in [-0.4, -0.2) is 78.1 Å². The molecule has 1 fully saturated rings. The van der Waals surface area contributed by atoms with Gasteiger partial charge in [-0.15, -0.1) is 0 Å². The maximum absolute atomic E-state index is 13.3. The highest BCUT2D eigenvalue weighted by atomic mass is 16.4. The number of likely N-dealkylation sites (tertiary alicyclic amines) is 1. The Morgan fingerprint density at radius 2 is 1.83 bits per heavy atom. The number of amides is 3. The highest BCUT2D eigenvalue weighted by Gasteiger charge is 2.43. The third-order valence-corrected chi connectivity index (χ3v) is 6.09. The molecule has 2 aliphatic rings. The lowest BCUT2D eigenvalue weighted by molar-refractivity contribution is -0.141. The summed E-state index contributed by atoms with van der Waals surface area (Å²) in [5.41, 5.74) is 0.217. The third-order valence-electron chi connectivity index (χ3n) is 6.09. The van der Waals surface area contributed by atoms with Gasteiger partial charge < -0.3 is 14.9 Å². The number of carbonyl (C=O) groups excluding carboxylic acids is 2. The van der Waals surface area contributed by atoms with Crippen LogP contribution < -0.4 is 0 Å². The van der Waals surface area contributed by atoms with Gasteiger partial charge in [0.15, 0.2) is 0 Å². The summed E-state index contributed by atoms with van der Waals surface area (Å²) in [6.45, 7) is 12.6. The molecule has 3 heterocycles. The summed E-state index contributed by atoms with van der Waals surface area (Å²) in [6.07, 6.45) is 2.02. The number of carboxylic acid groups (broad SMARTS) is 1. The van der Waals surface area contributed by atoms with Crippen molar-refractivity contribution in [1.29, 1.82) is 0 Å². The first-order valence-electron chi connectivity index (χ1n) is 10.6. The van der Waals surface area contributed by atoms with Gasteiger partial charge in [-0.25, -0.2) is 14.6 Å². The van der Waals surface area contributed by atoms with Gasteiger partial charge in [0, 0.05) is 24.7 Å². The lowest BCUT2D eigenvalue weighted by atomic mass is 9.94. The van der Waals surface area contributed by atoms with Crippen molar-refractivity contribution >= 4 is 18.0 Å². The summed E-state index contributed by atoms with van der Waals surface area (Å²) >= 11 is 0. The van der Waals surface area contributed by atoms with Crippen molar-refractivity contribution in [1.82, 2.24) is 24.3 Å². The highest BCUT2D eigenvalue weighted by molar-refractivity contribution is 5.86. The molecule has 3 rings (SSSR count). The monoisotopic (exact) mass is 419 g/mol. The molecule has 1 saturated heterocycles. The molecule has 0 bridgehead atoms. The molecule has 30 heavy (non-hydrogen) atoms. The molecule has 9 nitrogen and oxygen atoms in total. The Kier molecular flexibility index (Phi) is 5.84. The number of hydrogen-bond acceptors (Lipinski definition) is 4. The summed E-state index contributed by atoms with van der Waals surface area (Å²) in [4.78, 5) is 47.2. The Balaban J connectivity index is 1.68. The van der Waals surface area contributed by atoms with Gasteiger partial charge in [0.2, 0.25) is 5.91 Å². The van der Waals surface area contributed by atoms with Crippen LogP contribution in [0.1, 0.15) is 59.0 Å². The van der Waals surface area contributed by atoms with Crippen molar-refractivity contribution < 1.29 is 19.5 Å². The number of aromatic nitrogens is 2. The van der Waals surface area contributed by atoms with E-state index in [9.17, 15) is 19.5 Å². The number of fused-ring (bicyclic) bond motifs is 1. The first kappa shape index (κ1) is 22.1. The number of aryl methyl sites for hydroxylation is 1. The number of imidazole rings is 1. The second-order valence-electron chi connectivity index (χ2n) is 9.61. The van der Waals surface area contributed by atoms with Crippen LogP contribution in [0.4, 0.5) is 9.59 Å². The van der Waals surface area contributed by atoms with E-state index in [1.165, 1.54) is 4.90 Å². The molecule has 0 radical (unpaired) electrons. The van der Waals surface area contributed by atoms with Crippen LogP contribution in [-0.2, 0) is 11.3 Å². The average Bonchev–Trinajstić information content (AvgIpc) is 3.17. The van der Waals surface area contributed by atoms with Crippen molar-refractivity contribution in [2.45, 2.75) is 78.6 Å². The van der Waals surface area contributed by atoms with E-state index in [1.807, 2.05) is 25.7 Å². The lowest BCUT2D eigenvalue weighted by Crippen LogP contribution is -2.60. The zero-order valence-corrected chi connectivity index (χ0v) is 18.8. The van der Waals surface area contributed by atoms with E-state index in [4.69, 9.17) is 0 Å². The van der Waals surface area contributed by atoms with Crippen LogP contribution in [0.5, 0.6) is 0 Å². The summed E-state index contributed by atoms with van der Waals surface area (Å²) in [5, 5.41) is 9.78. The van der Waals surface area contributed by atoms with Gasteiger partial charge in [0.05, 0.1) is 18.4 Å². The number of hydrogen-bond donors (Lipinski definition) is 1. The van der Waals surface area contributed by atoms with Gasteiger partial charge in [-0.1, -0.05) is 13.8 Å². The molecular weight excluding hydrogens is 386 g/mol. The minimum absolute atomic E-state index is 0.0466. The second-order valence-corrected chi connectivity index (χ2v) is 9.61. The van der Waals surface area contributed by atoms with Gasteiger partial charge >= 0.3 is 12.1 Å². The predicted molar refractivity (Wildman–Crippen MR) is 111 cm³/mol. The molecule has 1 aromatic rings. The van der Waals surface area contributed by atoms with E-state index >= 15 is 0 Å². The molecule has 1 atom stereocenters. The number of nitrogens with zero attached hydrogens (tertiary/aromatic N) is 5. The normalized spacial score (nSPS) is 18.7. The molecule has 0 aromatic carbocycles. The summed E-state index contributed by atoms with van der Waals surface area (Å²) in [5.74, 6) is 0.396. The topological polar surface area (TPSA) is 99.0 Å². The maximum Gasteiger partial charge on any atom is 0.408 e. The van der Waals surface area contributed by atoms with Crippen LogP contribution in [0.2, 0.25) is 0 Å². The maximum atomic E-state index is 13.3. The predicted octanol–water partition coefficient (Wildman–Crippen LogP) is 2.77.